The lowest BCUT2D eigenvalue weighted by atomic mass is 10.2. The molecule has 1 rings (SSSR count). The highest BCUT2D eigenvalue weighted by molar-refractivity contribution is 7.89. The summed E-state index contributed by atoms with van der Waals surface area (Å²) in [5, 5.41) is 11.4. The smallest absolute Gasteiger partial charge is 0.243 e. The Morgan fingerprint density at radius 3 is 2.58 bits per heavy atom. The molecule has 0 saturated heterocycles. The molecule has 0 amide bonds. The summed E-state index contributed by atoms with van der Waals surface area (Å²) in [7, 11) is -3.67. The highest BCUT2D eigenvalue weighted by Gasteiger charge is 2.27. The van der Waals surface area contributed by atoms with E-state index in [0.717, 1.165) is 5.56 Å². The Labute approximate surface area is 113 Å². The molecule has 0 atom stereocenters. The van der Waals surface area contributed by atoms with Crippen LogP contribution in [-0.2, 0) is 10.0 Å². The fourth-order valence-corrected chi connectivity index (χ4v) is 3.36. The van der Waals surface area contributed by atoms with Crippen molar-refractivity contribution in [2.45, 2.75) is 31.7 Å². The summed E-state index contributed by atoms with van der Waals surface area (Å²) in [5.41, 5.74) is 6.27. The Balaban J connectivity index is 3.21. The van der Waals surface area contributed by atoms with E-state index in [0.29, 0.717) is 0 Å². The number of nitrogens with zero attached hydrogens (tertiary/aromatic N) is 2. The molecule has 6 nitrogen and oxygen atoms in total. The van der Waals surface area contributed by atoms with Gasteiger partial charge in [-0.1, -0.05) is 17.3 Å². The van der Waals surface area contributed by atoms with Gasteiger partial charge in [0.1, 0.15) is 0 Å². The molecule has 0 aliphatic rings. The van der Waals surface area contributed by atoms with Gasteiger partial charge in [0.2, 0.25) is 10.0 Å². The van der Waals surface area contributed by atoms with E-state index < -0.39 is 10.0 Å². The molecule has 0 aromatic heterocycles. The van der Waals surface area contributed by atoms with Gasteiger partial charge >= 0.3 is 0 Å². The second-order valence-electron chi connectivity index (χ2n) is 4.55. The monoisotopic (exact) mass is 285 g/mol. The van der Waals surface area contributed by atoms with Gasteiger partial charge in [0.15, 0.2) is 5.84 Å². The molecule has 3 N–H and O–H groups in total. The van der Waals surface area contributed by atoms with Crippen molar-refractivity contribution < 1.29 is 13.6 Å². The number of hydrogen-bond donors (Lipinski definition) is 2. The van der Waals surface area contributed by atoms with Crippen LogP contribution in [-0.4, -0.2) is 36.4 Å². The minimum absolute atomic E-state index is 0.148. The van der Waals surface area contributed by atoms with Crippen LogP contribution in [0.3, 0.4) is 0 Å². The third kappa shape index (κ3) is 3.68. The minimum atomic E-state index is -3.67. The number of benzene rings is 1. The largest absolute Gasteiger partial charge is 0.409 e. The van der Waals surface area contributed by atoms with Gasteiger partial charge in [-0.25, -0.2) is 8.42 Å². The molecule has 0 saturated carbocycles. The molecule has 0 spiro atoms. The van der Waals surface area contributed by atoms with Gasteiger partial charge in [0.05, 0.1) is 11.4 Å². The molecule has 106 valence electrons. The number of sulfonamides is 1. The van der Waals surface area contributed by atoms with Gasteiger partial charge in [0.25, 0.3) is 0 Å². The third-order valence-corrected chi connectivity index (χ3v) is 4.64. The van der Waals surface area contributed by atoms with Gasteiger partial charge in [-0.3, -0.25) is 0 Å². The first-order chi connectivity index (χ1) is 8.78. The summed E-state index contributed by atoms with van der Waals surface area (Å²) < 4.78 is 26.2. The standard InChI is InChI=1S/C12H19N3O3S/c1-9(2)15(8-12(13)14-16)19(17,18)11-6-4-5-10(3)7-11/h4-7,9,16H,8H2,1-3H3,(H2,13,14). The Kier molecular flexibility index (Phi) is 4.90. The zero-order valence-corrected chi connectivity index (χ0v) is 12.1. The molecule has 0 bridgehead atoms. The van der Waals surface area contributed by atoms with Crippen molar-refractivity contribution in [3.8, 4) is 0 Å². The second-order valence-corrected chi connectivity index (χ2v) is 6.44. The van der Waals surface area contributed by atoms with E-state index in [4.69, 9.17) is 10.9 Å². The molecular weight excluding hydrogens is 266 g/mol. The summed E-state index contributed by atoms with van der Waals surface area (Å²) in [6.07, 6.45) is 0. The molecule has 0 heterocycles. The molecule has 0 fully saturated rings. The zero-order chi connectivity index (χ0) is 14.6. The van der Waals surface area contributed by atoms with E-state index >= 15 is 0 Å². The molecule has 7 heteroatoms. The summed E-state index contributed by atoms with van der Waals surface area (Å²) in [6, 6.07) is 6.33. The molecule has 0 aliphatic carbocycles. The number of oxime groups is 1. The van der Waals surface area contributed by atoms with Crippen molar-refractivity contribution in [3.63, 3.8) is 0 Å². The first kappa shape index (κ1) is 15.5. The van der Waals surface area contributed by atoms with Crippen LogP contribution in [0, 0.1) is 6.92 Å². The highest BCUT2D eigenvalue weighted by atomic mass is 32.2. The van der Waals surface area contributed by atoms with E-state index in [2.05, 4.69) is 5.16 Å². The summed E-state index contributed by atoms with van der Waals surface area (Å²) in [6.45, 7) is 5.14. The molecule has 1 aromatic carbocycles. The molecule has 0 radical (unpaired) electrons. The predicted octanol–water partition coefficient (Wildman–Crippen LogP) is 1.14. The SMILES string of the molecule is Cc1cccc(S(=O)(=O)N(CC(N)=NO)C(C)C)c1. The van der Waals surface area contributed by atoms with Gasteiger partial charge in [-0.2, -0.15) is 4.31 Å². The number of nitrogens with two attached hydrogens (primary N) is 1. The van der Waals surface area contributed by atoms with Crippen molar-refractivity contribution in [1.82, 2.24) is 4.31 Å². The maximum Gasteiger partial charge on any atom is 0.243 e. The van der Waals surface area contributed by atoms with Crippen LogP contribution in [0.4, 0.5) is 0 Å². The van der Waals surface area contributed by atoms with E-state index in [-0.39, 0.29) is 23.3 Å². The molecule has 1 aromatic rings. The van der Waals surface area contributed by atoms with Gasteiger partial charge < -0.3 is 10.9 Å². The Bertz CT molecular complexity index is 567. The number of hydrogen-bond acceptors (Lipinski definition) is 4. The third-order valence-electron chi connectivity index (χ3n) is 2.62. The fraction of sp³-hybridized carbons (Fsp3) is 0.417. The number of aryl methyl sites for hydroxylation is 1. The van der Waals surface area contributed by atoms with E-state index in [1.54, 1.807) is 26.0 Å². The molecule has 19 heavy (non-hydrogen) atoms. The van der Waals surface area contributed by atoms with Crippen LogP contribution in [0.2, 0.25) is 0 Å². The van der Waals surface area contributed by atoms with E-state index in [1.807, 2.05) is 13.0 Å². The second kappa shape index (κ2) is 6.03. The van der Waals surface area contributed by atoms with Crippen molar-refractivity contribution in [2.24, 2.45) is 10.9 Å². The lowest BCUT2D eigenvalue weighted by molar-refractivity contribution is 0.312. The summed E-state index contributed by atoms with van der Waals surface area (Å²) >= 11 is 0. The van der Waals surface area contributed by atoms with Gasteiger partial charge in [-0.05, 0) is 38.5 Å². The zero-order valence-electron chi connectivity index (χ0n) is 11.2. The van der Waals surface area contributed by atoms with Crippen LogP contribution in [0.1, 0.15) is 19.4 Å². The summed E-state index contributed by atoms with van der Waals surface area (Å²) in [4.78, 5) is 0.201. The van der Waals surface area contributed by atoms with Crippen molar-refractivity contribution in [3.05, 3.63) is 29.8 Å². The van der Waals surface area contributed by atoms with Crippen molar-refractivity contribution in [2.75, 3.05) is 6.54 Å². The lowest BCUT2D eigenvalue weighted by Crippen LogP contribution is -2.42. The molecule has 0 aliphatic heterocycles. The predicted molar refractivity (Wildman–Crippen MR) is 73.6 cm³/mol. The van der Waals surface area contributed by atoms with Gasteiger partial charge in [0, 0.05) is 6.04 Å². The highest BCUT2D eigenvalue weighted by Crippen LogP contribution is 2.18. The van der Waals surface area contributed by atoms with Crippen LogP contribution >= 0.6 is 0 Å². The van der Waals surface area contributed by atoms with Crippen molar-refractivity contribution in [1.29, 1.82) is 0 Å². The average molecular weight is 285 g/mol. The van der Waals surface area contributed by atoms with Crippen LogP contribution in [0.25, 0.3) is 0 Å². The first-order valence-corrected chi connectivity index (χ1v) is 7.28. The maximum atomic E-state index is 12.5. The van der Waals surface area contributed by atoms with Crippen LogP contribution in [0.5, 0.6) is 0 Å². The number of rotatable bonds is 5. The first-order valence-electron chi connectivity index (χ1n) is 5.84. The molecular formula is C12H19N3O3S. The topological polar surface area (TPSA) is 96.0 Å². The Morgan fingerprint density at radius 2 is 2.11 bits per heavy atom. The minimum Gasteiger partial charge on any atom is -0.409 e. The van der Waals surface area contributed by atoms with E-state index in [1.165, 1.54) is 10.4 Å². The van der Waals surface area contributed by atoms with Crippen LogP contribution < -0.4 is 5.73 Å². The van der Waals surface area contributed by atoms with Crippen molar-refractivity contribution >= 4 is 15.9 Å². The normalized spacial score (nSPS) is 13.2. The fourth-order valence-electron chi connectivity index (χ4n) is 1.65. The Hall–Kier alpha value is -1.60. The van der Waals surface area contributed by atoms with E-state index in [9.17, 15) is 8.42 Å². The lowest BCUT2D eigenvalue weighted by Gasteiger charge is -2.25. The summed E-state index contributed by atoms with van der Waals surface area (Å²) in [5.74, 6) is -0.148. The molecule has 0 unspecified atom stereocenters. The quantitative estimate of drug-likeness (QED) is 0.367. The average Bonchev–Trinajstić information content (AvgIpc) is 2.34. The number of amidine groups is 1. The maximum absolute atomic E-state index is 12.5. The Morgan fingerprint density at radius 1 is 1.47 bits per heavy atom. The van der Waals surface area contributed by atoms with Crippen LogP contribution in [0.15, 0.2) is 34.3 Å². The van der Waals surface area contributed by atoms with Gasteiger partial charge in [-0.15, -0.1) is 0 Å².